The van der Waals surface area contributed by atoms with E-state index in [1.165, 1.54) is 6.26 Å². The lowest BCUT2D eigenvalue weighted by Crippen LogP contribution is -2.28. The minimum absolute atomic E-state index is 0.0331. The van der Waals surface area contributed by atoms with Gasteiger partial charge in [0.1, 0.15) is 6.26 Å². The Morgan fingerprint density at radius 3 is 3.04 bits per heavy atom. The first kappa shape index (κ1) is 15.7. The highest BCUT2D eigenvalue weighted by Gasteiger charge is 2.23. The molecule has 1 aliphatic heterocycles. The molecule has 122 valence electrons. The molecule has 2 heterocycles. The van der Waals surface area contributed by atoms with Crippen molar-refractivity contribution < 1.29 is 13.9 Å². The van der Waals surface area contributed by atoms with Crippen molar-refractivity contribution in [3.63, 3.8) is 0 Å². The van der Waals surface area contributed by atoms with Gasteiger partial charge in [0.2, 0.25) is 11.8 Å². The maximum Gasteiger partial charge on any atom is 0.227 e. The Morgan fingerprint density at radius 1 is 1.39 bits per heavy atom. The van der Waals surface area contributed by atoms with Gasteiger partial charge in [0.25, 0.3) is 0 Å². The number of hydrogen-bond donors (Lipinski definition) is 1. The summed E-state index contributed by atoms with van der Waals surface area (Å²) in [5.41, 5.74) is 1.53. The van der Waals surface area contributed by atoms with Crippen molar-refractivity contribution >= 4 is 11.6 Å². The molecule has 3 rings (SSSR count). The normalized spacial score (nSPS) is 21.1. The highest BCUT2D eigenvalue weighted by Crippen LogP contribution is 2.28. The standard InChI is InChI=1S/C18H22N2O3/c1-2-14-11-13(7-9-22-14)12-17(21)20-16-6-4-3-5-15(16)18-19-8-10-23-18/h3-6,8,10,13-14H,2,7,9,11-12H2,1H3,(H,20,21). The number of carbonyl (C=O) groups excluding carboxylic acids is 1. The third-order valence-corrected chi connectivity index (χ3v) is 4.27. The fraction of sp³-hybridized carbons (Fsp3) is 0.444. The molecule has 1 aromatic carbocycles. The zero-order valence-corrected chi connectivity index (χ0v) is 13.3. The van der Waals surface area contributed by atoms with Crippen LogP contribution in [-0.2, 0) is 9.53 Å². The Kier molecular flexibility index (Phi) is 5.08. The van der Waals surface area contributed by atoms with E-state index in [4.69, 9.17) is 9.15 Å². The van der Waals surface area contributed by atoms with E-state index in [0.717, 1.165) is 37.1 Å². The topological polar surface area (TPSA) is 64.4 Å². The second kappa shape index (κ2) is 7.42. The average Bonchev–Trinajstić information content (AvgIpc) is 3.10. The van der Waals surface area contributed by atoms with Gasteiger partial charge < -0.3 is 14.5 Å². The lowest BCUT2D eigenvalue weighted by atomic mass is 9.91. The first-order valence-corrected chi connectivity index (χ1v) is 8.16. The van der Waals surface area contributed by atoms with Crippen LogP contribution in [0.25, 0.3) is 11.5 Å². The van der Waals surface area contributed by atoms with Crippen LogP contribution in [0, 0.1) is 5.92 Å². The van der Waals surface area contributed by atoms with Crippen molar-refractivity contribution in [1.29, 1.82) is 0 Å². The number of carbonyl (C=O) groups is 1. The smallest absolute Gasteiger partial charge is 0.227 e. The molecule has 1 amide bonds. The summed E-state index contributed by atoms with van der Waals surface area (Å²) in [5.74, 6) is 0.936. The lowest BCUT2D eigenvalue weighted by Gasteiger charge is -2.28. The molecule has 0 bridgehead atoms. The maximum atomic E-state index is 12.4. The summed E-state index contributed by atoms with van der Waals surface area (Å²) in [7, 11) is 0. The molecule has 1 fully saturated rings. The van der Waals surface area contributed by atoms with Crippen molar-refractivity contribution in [2.45, 2.75) is 38.7 Å². The quantitative estimate of drug-likeness (QED) is 0.909. The van der Waals surface area contributed by atoms with E-state index in [9.17, 15) is 4.79 Å². The van der Waals surface area contributed by atoms with E-state index in [1.807, 2.05) is 24.3 Å². The Labute approximate surface area is 136 Å². The van der Waals surface area contributed by atoms with Crippen LogP contribution < -0.4 is 5.32 Å². The Bertz CT molecular complexity index is 639. The molecule has 0 aliphatic carbocycles. The van der Waals surface area contributed by atoms with Crippen molar-refractivity contribution in [3.8, 4) is 11.5 Å². The van der Waals surface area contributed by atoms with Gasteiger partial charge in [-0.2, -0.15) is 0 Å². The van der Waals surface area contributed by atoms with Gasteiger partial charge in [0, 0.05) is 13.0 Å². The summed E-state index contributed by atoms with van der Waals surface area (Å²) < 4.78 is 11.0. The predicted molar refractivity (Wildman–Crippen MR) is 87.9 cm³/mol. The number of oxazole rings is 1. The fourth-order valence-electron chi connectivity index (χ4n) is 3.03. The van der Waals surface area contributed by atoms with Gasteiger partial charge in [-0.3, -0.25) is 4.79 Å². The molecule has 1 aromatic heterocycles. The number of rotatable bonds is 5. The molecular formula is C18H22N2O3. The summed E-state index contributed by atoms with van der Waals surface area (Å²) in [4.78, 5) is 16.6. The zero-order valence-electron chi connectivity index (χ0n) is 13.3. The lowest BCUT2D eigenvalue weighted by molar-refractivity contribution is -0.118. The number of aromatic nitrogens is 1. The molecule has 0 saturated carbocycles. The van der Waals surface area contributed by atoms with E-state index in [-0.39, 0.29) is 5.91 Å². The molecule has 1 N–H and O–H groups in total. The van der Waals surface area contributed by atoms with Crippen LogP contribution in [0.15, 0.2) is 41.1 Å². The SMILES string of the molecule is CCC1CC(CC(=O)Nc2ccccc2-c2ncco2)CCO1. The number of amides is 1. The van der Waals surface area contributed by atoms with E-state index >= 15 is 0 Å². The van der Waals surface area contributed by atoms with Crippen LogP contribution in [0.1, 0.15) is 32.6 Å². The largest absolute Gasteiger partial charge is 0.444 e. The summed E-state index contributed by atoms with van der Waals surface area (Å²) in [6, 6.07) is 7.56. The molecule has 5 nitrogen and oxygen atoms in total. The number of para-hydroxylation sites is 1. The number of hydrogen-bond acceptors (Lipinski definition) is 4. The van der Waals surface area contributed by atoms with Gasteiger partial charge in [-0.05, 0) is 37.3 Å². The molecule has 0 radical (unpaired) electrons. The minimum Gasteiger partial charge on any atom is -0.444 e. The van der Waals surface area contributed by atoms with Crippen LogP contribution in [0.3, 0.4) is 0 Å². The van der Waals surface area contributed by atoms with Crippen LogP contribution in [0.5, 0.6) is 0 Å². The Morgan fingerprint density at radius 2 is 2.26 bits per heavy atom. The first-order valence-electron chi connectivity index (χ1n) is 8.16. The van der Waals surface area contributed by atoms with Gasteiger partial charge in [-0.1, -0.05) is 19.1 Å². The number of anilines is 1. The zero-order chi connectivity index (χ0) is 16.1. The van der Waals surface area contributed by atoms with Crippen molar-refractivity contribution in [1.82, 2.24) is 4.98 Å². The molecule has 1 aliphatic rings. The van der Waals surface area contributed by atoms with Crippen molar-refractivity contribution in [3.05, 3.63) is 36.7 Å². The second-order valence-corrected chi connectivity index (χ2v) is 5.93. The Balaban J connectivity index is 1.64. The van der Waals surface area contributed by atoms with E-state index in [2.05, 4.69) is 17.2 Å². The van der Waals surface area contributed by atoms with Crippen LogP contribution in [0.2, 0.25) is 0 Å². The van der Waals surface area contributed by atoms with Crippen molar-refractivity contribution in [2.75, 3.05) is 11.9 Å². The molecule has 2 atom stereocenters. The molecule has 1 saturated heterocycles. The fourth-order valence-corrected chi connectivity index (χ4v) is 3.03. The third kappa shape index (κ3) is 3.99. The Hall–Kier alpha value is -2.14. The van der Waals surface area contributed by atoms with Gasteiger partial charge in [0.15, 0.2) is 0 Å². The minimum atomic E-state index is 0.0331. The highest BCUT2D eigenvalue weighted by molar-refractivity contribution is 5.94. The number of benzene rings is 1. The molecule has 5 heteroatoms. The summed E-state index contributed by atoms with van der Waals surface area (Å²) >= 11 is 0. The van der Waals surface area contributed by atoms with Crippen LogP contribution >= 0.6 is 0 Å². The summed E-state index contributed by atoms with van der Waals surface area (Å²) in [6.45, 7) is 2.88. The van der Waals surface area contributed by atoms with Gasteiger partial charge in [-0.15, -0.1) is 0 Å². The highest BCUT2D eigenvalue weighted by atomic mass is 16.5. The van der Waals surface area contributed by atoms with E-state index in [1.54, 1.807) is 6.20 Å². The number of ether oxygens (including phenoxy) is 1. The molecule has 23 heavy (non-hydrogen) atoms. The monoisotopic (exact) mass is 314 g/mol. The maximum absolute atomic E-state index is 12.4. The molecular weight excluding hydrogens is 292 g/mol. The second-order valence-electron chi connectivity index (χ2n) is 5.93. The van der Waals surface area contributed by atoms with E-state index in [0.29, 0.717) is 24.3 Å². The molecule has 2 aromatic rings. The van der Waals surface area contributed by atoms with Crippen LogP contribution in [-0.4, -0.2) is 23.6 Å². The van der Waals surface area contributed by atoms with Gasteiger partial charge in [-0.25, -0.2) is 4.98 Å². The van der Waals surface area contributed by atoms with Gasteiger partial charge >= 0.3 is 0 Å². The third-order valence-electron chi connectivity index (χ3n) is 4.27. The molecule has 0 spiro atoms. The molecule has 2 unspecified atom stereocenters. The number of nitrogens with one attached hydrogen (secondary N) is 1. The summed E-state index contributed by atoms with van der Waals surface area (Å²) in [5, 5.41) is 3.00. The summed E-state index contributed by atoms with van der Waals surface area (Å²) in [6.07, 6.45) is 6.87. The number of nitrogens with zero attached hydrogens (tertiary/aromatic N) is 1. The van der Waals surface area contributed by atoms with Gasteiger partial charge in [0.05, 0.1) is 23.6 Å². The van der Waals surface area contributed by atoms with Crippen molar-refractivity contribution in [2.24, 2.45) is 5.92 Å². The predicted octanol–water partition coefficient (Wildman–Crippen LogP) is 3.88. The van der Waals surface area contributed by atoms with Crippen LogP contribution in [0.4, 0.5) is 5.69 Å². The first-order chi connectivity index (χ1) is 11.3. The van der Waals surface area contributed by atoms with E-state index < -0.39 is 0 Å². The average molecular weight is 314 g/mol.